The molecule has 2 aromatic heterocycles. The van der Waals surface area contributed by atoms with Crippen molar-refractivity contribution >= 4 is 5.91 Å². The molecule has 1 fully saturated rings. The second-order valence-corrected chi connectivity index (χ2v) is 10.4. The summed E-state index contributed by atoms with van der Waals surface area (Å²) < 4.78 is 68.1. The van der Waals surface area contributed by atoms with Gasteiger partial charge < -0.3 is 10.2 Å². The number of aryl methyl sites for hydroxylation is 2. The van der Waals surface area contributed by atoms with Gasteiger partial charge in [-0.15, -0.1) is 5.10 Å². The van der Waals surface area contributed by atoms with E-state index >= 15 is 4.39 Å². The van der Waals surface area contributed by atoms with Crippen molar-refractivity contribution in [1.29, 1.82) is 0 Å². The van der Waals surface area contributed by atoms with Crippen molar-refractivity contribution in [2.24, 2.45) is 7.05 Å². The number of pyridine rings is 1. The lowest BCUT2D eigenvalue weighted by Gasteiger charge is -2.35. The van der Waals surface area contributed by atoms with Gasteiger partial charge in [0.25, 0.3) is 0 Å². The molecule has 1 saturated carbocycles. The van der Waals surface area contributed by atoms with E-state index in [1.165, 1.54) is 10.9 Å². The third-order valence-electron chi connectivity index (χ3n) is 7.48. The fourth-order valence-electron chi connectivity index (χ4n) is 5.28. The third kappa shape index (κ3) is 7.96. The van der Waals surface area contributed by atoms with E-state index in [1.807, 2.05) is 6.07 Å². The Kier molecular flexibility index (Phi) is 8.50. The van der Waals surface area contributed by atoms with Crippen LogP contribution in [0.4, 0.5) is 22.0 Å². The number of amides is 1. The fourth-order valence-corrected chi connectivity index (χ4v) is 5.28. The van der Waals surface area contributed by atoms with Crippen LogP contribution in [0.3, 0.4) is 0 Å². The molecular formula is C26H34F5N5O. The van der Waals surface area contributed by atoms with Crippen LogP contribution in [0.1, 0.15) is 61.0 Å². The van der Waals surface area contributed by atoms with Crippen molar-refractivity contribution < 1.29 is 26.7 Å². The molecule has 3 heterocycles. The van der Waals surface area contributed by atoms with Crippen LogP contribution < -0.4 is 5.32 Å². The number of carbonyl (C=O) groups excluding carboxylic acids is 1. The summed E-state index contributed by atoms with van der Waals surface area (Å²) in [6.07, 6.45) is -0.237. The SMILES string of the molecule is Cn1cc(CC(=O)N[C@H]2CC[C@](F)(CCN3CCc4ccc(CCC(F)(F)F)nc4CC3)CC2)c(F)n1. The zero-order chi connectivity index (χ0) is 26.6. The van der Waals surface area contributed by atoms with Gasteiger partial charge in [-0.25, -0.2) is 4.39 Å². The maximum Gasteiger partial charge on any atom is 0.389 e. The molecule has 1 aliphatic carbocycles. The van der Waals surface area contributed by atoms with Gasteiger partial charge in [-0.3, -0.25) is 14.5 Å². The molecule has 11 heteroatoms. The largest absolute Gasteiger partial charge is 0.389 e. The number of aromatic nitrogens is 3. The molecular weight excluding hydrogens is 493 g/mol. The third-order valence-corrected chi connectivity index (χ3v) is 7.48. The number of halogens is 5. The van der Waals surface area contributed by atoms with Crippen molar-refractivity contribution in [3.05, 3.63) is 46.8 Å². The van der Waals surface area contributed by atoms with Crippen LogP contribution in [0.5, 0.6) is 0 Å². The molecule has 2 aromatic rings. The standard InChI is InChI=1S/C26H34F5N5O/c1-35-17-19(24(27)34-35)16-23(37)33-21-4-9-25(28,10-5-21)12-15-36-13-7-18-2-3-20(6-11-26(29,30)31)32-22(18)8-14-36/h2-3,17,21H,4-16H2,1H3,(H,33,37)/t21-,25+. The number of hydrogen-bond acceptors (Lipinski definition) is 4. The zero-order valence-corrected chi connectivity index (χ0v) is 21.1. The molecule has 6 nitrogen and oxygen atoms in total. The Hall–Kier alpha value is -2.56. The summed E-state index contributed by atoms with van der Waals surface area (Å²) in [6, 6.07) is 3.44. The summed E-state index contributed by atoms with van der Waals surface area (Å²) in [5.74, 6) is -0.944. The monoisotopic (exact) mass is 527 g/mol. The molecule has 204 valence electrons. The van der Waals surface area contributed by atoms with Crippen molar-refractivity contribution in [2.45, 2.75) is 82.1 Å². The smallest absolute Gasteiger partial charge is 0.353 e. The molecule has 4 rings (SSSR count). The number of alkyl halides is 4. The summed E-state index contributed by atoms with van der Waals surface area (Å²) in [7, 11) is 1.59. The lowest BCUT2D eigenvalue weighted by Crippen LogP contribution is -2.43. The van der Waals surface area contributed by atoms with E-state index in [0.29, 0.717) is 57.3 Å². The highest BCUT2D eigenvalue weighted by atomic mass is 19.4. The van der Waals surface area contributed by atoms with Gasteiger partial charge in [-0.05, 0) is 56.6 Å². The Morgan fingerprint density at radius 1 is 1.19 bits per heavy atom. The van der Waals surface area contributed by atoms with Gasteiger partial charge in [0.15, 0.2) is 0 Å². The van der Waals surface area contributed by atoms with Crippen LogP contribution in [-0.2, 0) is 37.5 Å². The molecule has 0 saturated heterocycles. The minimum atomic E-state index is -4.20. The van der Waals surface area contributed by atoms with E-state index in [-0.39, 0.29) is 30.4 Å². The van der Waals surface area contributed by atoms with Crippen molar-refractivity contribution in [1.82, 2.24) is 25.0 Å². The van der Waals surface area contributed by atoms with Gasteiger partial charge in [-0.1, -0.05) is 6.07 Å². The number of carbonyl (C=O) groups is 1. The quantitative estimate of drug-likeness (QED) is 0.522. The average molecular weight is 528 g/mol. The van der Waals surface area contributed by atoms with E-state index in [2.05, 4.69) is 20.3 Å². The van der Waals surface area contributed by atoms with Crippen LogP contribution in [0, 0.1) is 5.95 Å². The van der Waals surface area contributed by atoms with Gasteiger partial charge in [0.1, 0.15) is 5.67 Å². The number of nitrogens with zero attached hydrogens (tertiary/aromatic N) is 4. The van der Waals surface area contributed by atoms with Gasteiger partial charge in [-0.2, -0.15) is 17.6 Å². The maximum atomic E-state index is 15.5. The topological polar surface area (TPSA) is 63.1 Å². The Morgan fingerprint density at radius 3 is 2.59 bits per heavy atom. The maximum absolute atomic E-state index is 15.5. The van der Waals surface area contributed by atoms with Gasteiger partial charge in [0.2, 0.25) is 11.9 Å². The number of nitrogens with one attached hydrogen (secondary N) is 1. The number of hydrogen-bond donors (Lipinski definition) is 1. The molecule has 0 unspecified atom stereocenters. The molecule has 37 heavy (non-hydrogen) atoms. The predicted molar refractivity (Wildman–Crippen MR) is 128 cm³/mol. The van der Waals surface area contributed by atoms with Crippen LogP contribution in [0.25, 0.3) is 0 Å². The molecule has 0 spiro atoms. The van der Waals surface area contributed by atoms with Gasteiger partial charge in [0.05, 0.1) is 6.42 Å². The summed E-state index contributed by atoms with van der Waals surface area (Å²) in [5.41, 5.74) is 1.30. The first-order chi connectivity index (χ1) is 17.5. The van der Waals surface area contributed by atoms with Crippen LogP contribution in [0.15, 0.2) is 18.3 Å². The van der Waals surface area contributed by atoms with Crippen molar-refractivity contribution in [3.8, 4) is 0 Å². The van der Waals surface area contributed by atoms with Gasteiger partial charge >= 0.3 is 6.18 Å². The molecule has 0 atom stereocenters. The van der Waals surface area contributed by atoms with E-state index in [0.717, 1.165) is 24.2 Å². The lowest BCUT2D eigenvalue weighted by atomic mass is 9.81. The lowest BCUT2D eigenvalue weighted by molar-refractivity contribution is -0.134. The number of rotatable bonds is 8. The molecule has 0 radical (unpaired) electrons. The highest BCUT2D eigenvalue weighted by molar-refractivity contribution is 5.78. The minimum Gasteiger partial charge on any atom is -0.353 e. The summed E-state index contributed by atoms with van der Waals surface area (Å²) in [6.45, 7) is 2.06. The highest BCUT2D eigenvalue weighted by Crippen LogP contribution is 2.35. The zero-order valence-electron chi connectivity index (χ0n) is 21.1. The van der Waals surface area contributed by atoms with Gasteiger partial charge in [0, 0.05) is 68.7 Å². The van der Waals surface area contributed by atoms with Crippen molar-refractivity contribution in [2.75, 3.05) is 19.6 Å². The first-order valence-electron chi connectivity index (χ1n) is 12.9. The van der Waals surface area contributed by atoms with Crippen LogP contribution in [-0.4, -0.2) is 63.1 Å². The summed E-state index contributed by atoms with van der Waals surface area (Å²) >= 11 is 0. The predicted octanol–water partition coefficient (Wildman–Crippen LogP) is 4.25. The van der Waals surface area contributed by atoms with Crippen LogP contribution >= 0.6 is 0 Å². The summed E-state index contributed by atoms with van der Waals surface area (Å²) in [5, 5.41) is 6.50. The first kappa shape index (κ1) is 27.5. The Labute approximate surface area is 213 Å². The molecule has 1 N–H and O–H groups in total. The van der Waals surface area contributed by atoms with Crippen molar-refractivity contribution in [3.63, 3.8) is 0 Å². The normalized spacial score (nSPS) is 22.9. The molecule has 0 aromatic carbocycles. The number of fused-ring (bicyclic) bond motifs is 1. The second kappa shape index (κ2) is 11.4. The first-order valence-corrected chi connectivity index (χ1v) is 12.9. The molecule has 1 aliphatic heterocycles. The Morgan fingerprint density at radius 2 is 1.92 bits per heavy atom. The Balaban J connectivity index is 1.20. The minimum absolute atomic E-state index is 0.0903. The molecule has 1 amide bonds. The average Bonchev–Trinajstić information content (AvgIpc) is 3.02. The fraction of sp³-hybridized carbons (Fsp3) is 0.654. The molecule has 0 bridgehead atoms. The van der Waals surface area contributed by atoms with E-state index in [9.17, 15) is 22.4 Å². The van der Waals surface area contributed by atoms with E-state index < -0.39 is 24.2 Å². The van der Waals surface area contributed by atoms with Crippen LogP contribution in [0.2, 0.25) is 0 Å². The molecule has 2 aliphatic rings. The van der Waals surface area contributed by atoms with E-state index in [4.69, 9.17) is 0 Å². The van der Waals surface area contributed by atoms with E-state index in [1.54, 1.807) is 13.1 Å². The Bertz CT molecular complexity index is 1080. The highest BCUT2D eigenvalue weighted by Gasteiger charge is 2.36. The second-order valence-electron chi connectivity index (χ2n) is 10.4. The summed E-state index contributed by atoms with van der Waals surface area (Å²) in [4.78, 5) is 19.0.